The van der Waals surface area contributed by atoms with E-state index < -0.39 is 23.4 Å². The van der Waals surface area contributed by atoms with Gasteiger partial charge in [0.2, 0.25) is 0 Å². The van der Waals surface area contributed by atoms with Crippen molar-refractivity contribution < 1.29 is 56.5 Å². The molecule has 2 heterocycles. The van der Waals surface area contributed by atoms with E-state index in [-0.39, 0.29) is 39.5 Å². The minimum atomic E-state index is -0.503. The van der Waals surface area contributed by atoms with Crippen LogP contribution in [-0.4, -0.2) is 59.4 Å². The molecule has 0 saturated heterocycles. The van der Waals surface area contributed by atoms with Crippen LogP contribution in [0.15, 0.2) is 106 Å². The molecule has 0 fully saturated rings. The Labute approximate surface area is 255 Å². The molecule has 0 unspecified atom stereocenters. The van der Waals surface area contributed by atoms with E-state index in [1.54, 1.807) is 12.1 Å². The zero-order valence-corrected chi connectivity index (χ0v) is 23.6. The molecule has 0 aliphatic rings. The van der Waals surface area contributed by atoms with Crippen molar-refractivity contribution in [1.82, 2.24) is 9.97 Å². The summed E-state index contributed by atoms with van der Waals surface area (Å²) in [6.07, 6.45) is 8.55. The third-order valence-corrected chi connectivity index (χ3v) is 4.92. The summed E-state index contributed by atoms with van der Waals surface area (Å²) < 4.78 is 36.4. The second-order valence-electron chi connectivity index (χ2n) is 7.56. The molecule has 0 saturated carbocycles. The van der Waals surface area contributed by atoms with Gasteiger partial charge in [0.05, 0.1) is 26.6 Å². The number of ether oxygens (including phenoxy) is 2. The van der Waals surface area contributed by atoms with E-state index in [4.69, 9.17) is 9.47 Å². The van der Waals surface area contributed by atoms with Gasteiger partial charge in [0.25, 0.3) is 0 Å². The number of pyridine rings is 2. The number of benzene rings is 2. The van der Waals surface area contributed by atoms with Crippen LogP contribution < -0.4 is 19.7 Å². The Balaban J connectivity index is 0.000000767. The summed E-state index contributed by atoms with van der Waals surface area (Å²) in [5.74, 6) is -1.69. The molecule has 15 heteroatoms. The summed E-state index contributed by atoms with van der Waals surface area (Å²) >= 11 is 0. The van der Waals surface area contributed by atoms with Gasteiger partial charge < -0.3 is 30.6 Å². The molecule has 4 N–H and O–H groups in total. The van der Waals surface area contributed by atoms with Crippen molar-refractivity contribution in [3.63, 3.8) is 0 Å². The average molecular weight is 644 g/mol. The molecule has 12 nitrogen and oxygen atoms in total. The third kappa shape index (κ3) is 12.1. The molecule has 0 bridgehead atoms. The van der Waals surface area contributed by atoms with Crippen LogP contribution in [0.1, 0.15) is 22.3 Å². The Morgan fingerprint density at radius 1 is 0.651 bits per heavy atom. The van der Waals surface area contributed by atoms with Crippen molar-refractivity contribution >= 4 is 24.2 Å². The normalized spacial score (nSPS) is 11.0. The van der Waals surface area contributed by atoms with Crippen LogP contribution in [0, 0.1) is 11.6 Å². The minimum Gasteiger partial charge on any atom is -0.857 e. The SMILES string of the molecule is COc1ccc(/C=N/N=C(\[O-])c2ccncc2)cc1F.COc1ccc(/C=N/N=C(\[O-])c2ccncc2)cc1F.O.O.[Cu+2]. The molecule has 2 aromatic carbocycles. The van der Waals surface area contributed by atoms with Crippen molar-refractivity contribution in [3.8, 4) is 11.5 Å². The van der Waals surface area contributed by atoms with Crippen molar-refractivity contribution in [2.75, 3.05) is 14.2 Å². The first-order valence-corrected chi connectivity index (χ1v) is 11.4. The van der Waals surface area contributed by atoms with Gasteiger partial charge in [-0.25, -0.2) is 8.78 Å². The fourth-order valence-corrected chi connectivity index (χ4v) is 2.93. The van der Waals surface area contributed by atoms with Crippen LogP contribution in [0.3, 0.4) is 0 Å². The van der Waals surface area contributed by atoms with Crippen LogP contribution in [0.4, 0.5) is 8.78 Å². The van der Waals surface area contributed by atoms with Crippen LogP contribution >= 0.6 is 0 Å². The molecule has 0 aliphatic carbocycles. The molecule has 0 spiro atoms. The molecular formula is C28H26CuF2N6O6. The van der Waals surface area contributed by atoms with Gasteiger partial charge in [0.15, 0.2) is 23.1 Å². The summed E-state index contributed by atoms with van der Waals surface area (Å²) in [6, 6.07) is 14.8. The number of hydrogen-bond acceptors (Lipinski definition) is 10. The van der Waals surface area contributed by atoms with E-state index in [2.05, 4.69) is 30.4 Å². The summed E-state index contributed by atoms with van der Waals surface area (Å²) in [4.78, 5) is 7.59. The number of hydrogen-bond donors (Lipinski definition) is 0. The van der Waals surface area contributed by atoms with Crippen molar-refractivity contribution in [3.05, 3.63) is 119 Å². The van der Waals surface area contributed by atoms with E-state index in [0.717, 1.165) is 0 Å². The van der Waals surface area contributed by atoms with Crippen LogP contribution in [0.25, 0.3) is 0 Å². The van der Waals surface area contributed by atoms with E-state index in [1.165, 1.54) is 100.0 Å². The monoisotopic (exact) mass is 643 g/mol. The van der Waals surface area contributed by atoms with Gasteiger partial charge in [0.1, 0.15) is 0 Å². The van der Waals surface area contributed by atoms with Crippen LogP contribution in [0.2, 0.25) is 0 Å². The van der Waals surface area contributed by atoms with E-state index >= 15 is 0 Å². The predicted molar refractivity (Wildman–Crippen MR) is 150 cm³/mol. The van der Waals surface area contributed by atoms with E-state index in [0.29, 0.717) is 22.3 Å². The summed E-state index contributed by atoms with van der Waals surface area (Å²) in [5.41, 5.74) is 1.74. The zero-order chi connectivity index (χ0) is 28.7. The van der Waals surface area contributed by atoms with E-state index in [1.807, 2.05) is 0 Å². The van der Waals surface area contributed by atoms with Gasteiger partial charge in [-0.05, 0) is 82.9 Å². The Hall–Kier alpha value is -5.08. The fraction of sp³-hybridized carbons (Fsp3) is 0.0714. The van der Waals surface area contributed by atoms with Gasteiger partial charge in [-0.15, -0.1) is 0 Å². The molecule has 0 aliphatic heterocycles. The first-order chi connectivity index (χ1) is 19.4. The number of nitrogens with zero attached hydrogens (tertiary/aromatic N) is 6. The molecule has 229 valence electrons. The smallest absolute Gasteiger partial charge is 0.857 e. The summed E-state index contributed by atoms with van der Waals surface area (Å²) in [7, 11) is 2.77. The van der Waals surface area contributed by atoms with Gasteiger partial charge in [0, 0.05) is 36.6 Å². The Morgan fingerprint density at radius 2 is 1.00 bits per heavy atom. The largest absolute Gasteiger partial charge is 2.00 e. The Bertz CT molecular complexity index is 1410. The molecule has 0 atom stereocenters. The van der Waals surface area contributed by atoms with Gasteiger partial charge in [-0.2, -0.15) is 20.4 Å². The second kappa shape index (κ2) is 19.9. The molecule has 2 aromatic heterocycles. The molecule has 4 rings (SSSR count). The quantitative estimate of drug-likeness (QED) is 0.119. The second-order valence-corrected chi connectivity index (χ2v) is 7.56. The number of methoxy groups -OCH3 is 2. The van der Waals surface area contributed by atoms with Gasteiger partial charge >= 0.3 is 17.1 Å². The number of aromatic nitrogens is 2. The maximum atomic E-state index is 13.4. The maximum absolute atomic E-state index is 13.4. The number of rotatable bonds is 8. The Kier molecular flexibility index (Phi) is 17.6. The van der Waals surface area contributed by atoms with Gasteiger partial charge in [-0.1, -0.05) is 0 Å². The van der Waals surface area contributed by atoms with E-state index in [9.17, 15) is 19.0 Å². The minimum absolute atomic E-state index is 0. The molecular weight excluding hydrogens is 618 g/mol. The zero-order valence-electron chi connectivity index (χ0n) is 22.6. The van der Waals surface area contributed by atoms with Crippen LogP contribution in [-0.2, 0) is 17.1 Å². The predicted octanol–water partition coefficient (Wildman–Crippen LogP) is 1.09. The standard InChI is InChI=1S/2C14H12FN3O2.Cu.2H2O/c2*1-20-13-3-2-10(8-12(13)15)9-17-18-14(19)11-4-6-16-7-5-11;;;/h2*2-9H,1H3,(H,18,19);;2*1H2/q;;+2;;/p-2/b2*17-9+;;;. The fourth-order valence-electron chi connectivity index (χ4n) is 2.93. The Morgan fingerprint density at radius 3 is 1.30 bits per heavy atom. The van der Waals surface area contributed by atoms with Gasteiger partial charge in [-0.3, -0.25) is 9.97 Å². The molecule has 1 radical (unpaired) electrons. The summed E-state index contributed by atoms with van der Waals surface area (Å²) in [6.45, 7) is 0. The van der Waals surface area contributed by atoms with Crippen molar-refractivity contribution in [2.45, 2.75) is 0 Å². The topological polar surface area (TPSA) is 203 Å². The maximum Gasteiger partial charge on any atom is 2.00 e. The summed E-state index contributed by atoms with van der Waals surface area (Å²) in [5, 5.41) is 37.5. The molecule has 4 aromatic rings. The van der Waals surface area contributed by atoms with Crippen LogP contribution in [0.5, 0.6) is 11.5 Å². The molecule has 0 amide bonds. The average Bonchev–Trinajstić information content (AvgIpc) is 2.98. The van der Waals surface area contributed by atoms with Crippen molar-refractivity contribution in [1.29, 1.82) is 0 Å². The first kappa shape index (κ1) is 37.9. The third-order valence-electron chi connectivity index (χ3n) is 4.92. The number of halogens is 2. The van der Waals surface area contributed by atoms with Crippen molar-refractivity contribution in [2.24, 2.45) is 20.4 Å². The molecule has 43 heavy (non-hydrogen) atoms. The first-order valence-electron chi connectivity index (χ1n) is 11.4.